The van der Waals surface area contributed by atoms with E-state index in [1.807, 2.05) is 24.3 Å². The van der Waals surface area contributed by atoms with Crippen molar-refractivity contribution >= 4 is 22.4 Å². The molecule has 0 saturated heterocycles. The zero-order chi connectivity index (χ0) is 8.55. The summed E-state index contributed by atoms with van der Waals surface area (Å²) < 4.78 is 12.9. The maximum atomic E-state index is 12.9. The van der Waals surface area contributed by atoms with Gasteiger partial charge in [-0.15, -0.1) is 0 Å². The molecule has 0 atom stereocenters. The molecule has 0 nitrogen and oxygen atoms in total. The van der Waals surface area contributed by atoms with Crippen LogP contribution in [0, 0.1) is 5.82 Å². The fourth-order valence-electron chi connectivity index (χ4n) is 1.18. The quantitative estimate of drug-likeness (QED) is 0.581. The summed E-state index contributed by atoms with van der Waals surface area (Å²) in [6.45, 7) is 0. The Balaban J connectivity index is 2.84. The molecule has 0 unspecified atom stereocenters. The fourth-order valence-corrected chi connectivity index (χ4v) is 1.36. The van der Waals surface area contributed by atoms with Crippen LogP contribution in [-0.4, -0.2) is 0 Å². The lowest BCUT2D eigenvalue weighted by atomic mass is 10.1. The summed E-state index contributed by atoms with van der Waals surface area (Å²) >= 11 is 5.61. The summed E-state index contributed by atoms with van der Waals surface area (Å²) in [5, 5.41) is 2.01. The van der Waals surface area contributed by atoms with Gasteiger partial charge in [0.25, 0.3) is 0 Å². The maximum absolute atomic E-state index is 12.9. The van der Waals surface area contributed by atoms with Gasteiger partial charge in [-0.05, 0) is 22.9 Å². The van der Waals surface area contributed by atoms with Crippen molar-refractivity contribution in [3.63, 3.8) is 0 Å². The van der Waals surface area contributed by atoms with Gasteiger partial charge in [-0.3, -0.25) is 0 Å². The molecule has 2 aromatic rings. The minimum Gasteiger partial charge on any atom is -0.205 e. The lowest BCUT2D eigenvalue weighted by Gasteiger charge is -1.98. The Morgan fingerprint density at radius 1 is 1.00 bits per heavy atom. The van der Waals surface area contributed by atoms with Crippen molar-refractivity contribution < 1.29 is 4.39 Å². The summed E-state index contributed by atoms with van der Waals surface area (Å²) in [4.78, 5) is 0. The number of benzene rings is 2. The Morgan fingerprint density at radius 3 is 2.25 bits per heavy atom. The Morgan fingerprint density at radius 2 is 1.58 bits per heavy atom. The monoisotopic (exact) mass is 180 g/mol. The van der Waals surface area contributed by atoms with Gasteiger partial charge in [0.1, 0.15) is 5.82 Å². The van der Waals surface area contributed by atoms with Gasteiger partial charge < -0.3 is 0 Å². The molecule has 0 aliphatic carbocycles. The van der Waals surface area contributed by atoms with Crippen LogP contribution in [0.3, 0.4) is 0 Å². The molecule has 0 N–H and O–H groups in total. The molecule has 12 heavy (non-hydrogen) atoms. The first-order valence-electron chi connectivity index (χ1n) is 3.61. The Hall–Kier alpha value is -1.08. The van der Waals surface area contributed by atoms with Crippen LogP contribution in [0.2, 0.25) is 5.02 Å². The van der Waals surface area contributed by atoms with E-state index < -0.39 is 0 Å². The van der Waals surface area contributed by atoms with Gasteiger partial charge >= 0.3 is 0 Å². The molecule has 0 aromatic heterocycles. The van der Waals surface area contributed by atoms with Crippen molar-refractivity contribution in [1.29, 1.82) is 0 Å². The van der Waals surface area contributed by atoms with E-state index >= 15 is 0 Å². The first kappa shape index (κ1) is 7.56. The van der Waals surface area contributed by atoms with Gasteiger partial charge in [0.2, 0.25) is 0 Å². The van der Waals surface area contributed by atoms with Crippen molar-refractivity contribution in [3.8, 4) is 0 Å². The zero-order valence-electron chi connectivity index (χ0n) is 6.22. The molecular weight excluding hydrogens is 175 g/mol. The van der Waals surface area contributed by atoms with Crippen LogP contribution in [0.4, 0.5) is 4.39 Å². The molecule has 60 valence electrons. The Bertz CT molecular complexity index is 383. The van der Waals surface area contributed by atoms with Crippen LogP contribution in [0.5, 0.6) is 0 Å². The van der Waals surface area contributed by atoms with Crippen LogP contribution in [0.15, 0.2) is 36.4 Å². The minimum atomic E-state index is -0.365. The highest BCUT2D eigenvalue weighted by Crippen LogP contribution is 2.22. The summed E-state index contributed by atoms with van der Waals surface area (Å²) in [6.07, 6.45) is 0. The minimum absolute atomic E-state index is 0.175. The summed E-state index contributed by atoms with van der Waals surface area (Å²) in [6, 6.07) is 10.6. The predicted octanol–water partition coefficient (Wildman–Crippen LogP) is 3.63. The fraction of sp³-hybridized carbons (Fsp3) is 0. The van der Waals surface area contributed by atoms with Gasteiger partial charge in [-0.1, -0.05) is 35.9 Å². The predicted molar refractivity (Wildman–Crippen MR) is 48.9 cm³/mol. The summed E-state index contributed by atoms with van der Waals surface area (Å²) in [5.74, 6) is -0.365. The number of fused-ring (bicyclic) bond motifs is 1. The van der Waals surface area contributed by atoms with Crippen molar-refractivity contribution in [2.45, 2.75) is 0 Å². The van der Waals surface area contributed by atoms with E-state index in [0.29, 0.717) is 0 Å². The van der Waals surface area contributed by atoms with E-state index in [-0.39, 0.29) is 10.8 Å². The van der Waals surface area contributed by atoms with Crippen molar-refractivity contribution in [2.75, 3.05) is 0 Å². The van der Waals surface area contributed by atoms with E-state index in [4.69, 9.17) is 11.6 Å². The average molecular weight is 181 g/mol. The molecular formula is C10H6ClF. The third-order valence-corrected chi connectivity index (χ3v) is 2.08. The topological polar surface area (TPSA) is 0 Å². The molecule has 2 rings (SSSR count). The molecule has 2 heteroatoms. The highest BCUT2D eigenvalue weighted by Gasteiger charge is 2.00. The molecule has 0 amide bonds. The van der Waals surface area contributed by atoms with Crippen molar-refractivity contribution in [1.82, 2.24) is 0 Å². The van der Waals surface area contributed by atoms with Crippen LogP contribution < -0.4 is 0 Å². The molecule has 0 fully saturated rings. The van der Waals surface area contributed by atoms with E-state index in [1.165, 1.54) is 6.07 Å². The zero-order valence-corrected chi connectivity index (χ0v) is 6.98. The third-order valence-electron chi connectivity index (χ3n) is 1.79. The molecule has 0 bridgehead atoms. The lowest BCUT2D eigenvalue weighted by Crippen LogP contribution is -1.77. The first-order valence-corrected chi connectivity index (χ1v) is 3.99. The van der Waals surface area contributed by atoms with Crippen LogP contribution in [0.1, 0.15) is 0 Å². The second-order valence-corrected chi connectivity index (χ2v) is 3.02. The van der Waals surface area contributed by atoms with Crippen molar-refractivity contribution in [3.05, 3.63) is 47.2 Å². The maximum Gasteiger partial charge on any atom is 0.142 e. The van der Waals surface area contributed by atoms with Gasteiger partial charge in [0.05, 0.1) is 5.02 Å². The molecule has 0 spiro atoms. The average Bonchev–Trinajstić information content (AvgIpc) is 2.07. The van der Waals surface area contributed by atoms with E-state index in [2.05, 4.69) is 0 Å². The number of hydrogen-bond acceptors (Lipinski definition) is 0. The summed E-state index contributed by atoms with van der Waals surface area (Å²) in [5.41, 5.74) is 0. The molecule has 0 radical (unpaired) electrons. The highest BCUT2D eigenvalue weighted by molar-refractivity contribution is 6.31. The Kier molecular flexibility index (Phi) is 1.74. The second kappa shape index (κ2) is 2.76. The van der Waals surface area contributed by atoms with Gasteiger partial charge in [0, 0.05) is 0 Å². The number of halogens is 2. The summed E-state index contributed by atoms with van der Waals surface area (Å²) in [7, 11) is 0. The molecule has 0 heterocycles. The number of rotatable bonds is 0. The Labute approximate surface area is 74.6 Å². The largest absolute Gasteiger partial charge is 0.205 e. The van der Waals surface area contributed by atoms with E-state index in [0.717, 1.165) is 10.8 Å². The molecule has 0 aliphatic heterocycles. The SMILES string of the molecule is Fc1cc2ccccc2cc1Cl. The van der Waals surface area contributed by atoms with Gasteiger partial charge in [-0.2, -0.15) is 0 Å². The highest BCUT2D eigenvalue weighted by atomic mass is 35.5. The number of hydrogen-bond donors (Lipinski definition) is 0. The second-order valence-electron chi connectivity index (χ2n) is 2.61. The molecule has 0 saturated carbocycles. The van der Waals surface area contributed by atoms with Gasteiger partial charge in [-0.25, -0.2) is 4.39 Å². The first-order chi connectivity index (χ1) is 5.77. The lowest BCUT2D eigenvalue weighted by molar-refractivity contribution is 0.630. The third kappa shape index (κ3) is 1.16. The molecule has 2 aromatic carbocycles. The van der Waals surface area contributed by atoms with Crippen LogP contribution >= 0.6 is 11.6 Å². The normalized spacial score (nSPS) is 10.5. The standard InChI is InChI=1S/C10H6ClF/c11-9-5-7-3-1-2-4-8(7)6-10(9)12/h1-6H. The molecule has 0 aliphatic rings. The van der Waals surface area contributed by atoms with E-state index in [9.17, 15) is 4.39 Å². The van der Waals surface area contributed by atoms with Crippen LogP contribution in [0.25, 0.3) is 10.8 Å². The van der Waals surface area contributed by atoms with Crippen molar-refractivity contribution in [2.24, 2.45) is 0 Å². The van der Waals surface area contributed by atoms with Crippen LogP contribution in [-0.2, 0) is 0 Å². The van der Waals surface area contributed by atoms with E-state index in [1.54, 1.807) is 6.07 Å². The van der Waals surface area contributed by atoms with Gasteiger partial charge in [0.15, 0.2) is 0 Å². The smallest absolute Gasteiger partial charge is 0.142 e.